The molecule has 0 saturated carbocycles. The van der Waals surface area contributed by atoms with E-state index in [0.717, 1.165) is 30.8 Å². The summed E-state index contributed by atoms with van der Waals surface area (Å²) in [5.74, 6) is 1.33. The highest BCUT2D eigenvalue weighted by Gasteiger charge is 2.44. The Bertz CT molecular complexity index is 451. The first kappa shape index (κ1) is 12.3. The second kappa shape index (κ2) is 4.76. The summed E-state index contributed by atoms with van der Waals surface area (Å²) in [4.78, 5) is 13.8. The van der Waals surface area contributed by atoms with E-state index in [4.69, 9.17) is 9.47 Å². The number of likely N-dealkylation sites (tertiary alicyclic amines) is 1. The zero-order chi connectivity index (χ0) is 13.3. The van der Waals surface area contributed by atoms with E-state index < -0.39 is 5.79 Å². The largest absolute Gasteiger partial charge is 0.448 e. The molecule has 0 unspecified atom stereocenters. The van der Waals surface area contributed by atoms with Crippen molar-refractivity contribution in [1.82, 2.24) is 4.90 Å². The zero-order valence-electron chi connectivity index (χ0n) is 11.2. The predicted molar refractivity (Wildman–Crippen MR) is 71.2 cm³/mol. The Kier molecular flexibility index (Phi) is 3.09. The molecule has 4 heteroatoms. The van der Waals surface area contributed by atoms with E-state index in [-0.39, 0.29) is 5.91 Å². The fourth-order valence-corrected chi connectivity index (χ4v) is 2.71. The summed E-state index contributed by atoms with van der Waals surface area (Å²) in [6.07, 6.45) is 3.00. The van der Waals surface area contributed by atoms with Crippen LogP contribution in [0.2, 0.25) is 0 Å². The van der Waals surface area contributed by atoms with Crippen molar-refractivity contribution in [3.63, 3.8) is 0 Å². The van der Waals surface area contributed by atoms with E-state index in [0.29, 0.717) is 19.5 Å². The van der Waals surface area contributed by atoms with Gasteiger partial charge in [-0.1, -0.05) is 19.1 Å². The molecule has 2 aliphatic heterocycles. The van der Waals surface area contributed by atoms with Gasteiger partial charge in [0, 0.05) is 32.4 Å². The van der Waals surface area contributed by atoms with E-state index in [1.807, 2.05) is 36.1 Å². The maximum Gasteiger partial charge on any atom is 0.255 e. The van der Waals surface area contributed by atoms with Crippen LogP contribution in [0, 0.1) is 0 Å². The molecule has 1 aromatic carbocycles. The smallest absolute Gasteiger partial charge is 0.255 e. The van der Waals surface area contributed by atoms with Crippen molar-refractivity contribution < 1.29 is 14.3 Å². The Labute approximate surface area is 113 Å². The van der Waals surface area contributed by atoms with Gasteiger partial charge in [0.15, 0.2) is 11.5 Å². The molecule has 1 saturated heterocycles. The van der Waals surface area contributed by atoms with Crippen LogP contribution in [0.5, 0.6) is 11.5 Å². The maximum atomic E-state index is 11.9. The third-order valence-corrected chi connectivity index (χ3v) is 3.78. The number of para-hydroxylation sites is 2. The summed E-state index contributed by atoms with van der Waals surface area (Å²) < 4.78 is 11.9. The lowest BCUT2D eigenvalue weighted by Gasteiger charge is -2.37. The number of fused-ring (bicyclic) bond motifs is 1. The number of benzene rings is 1. The van der Waals surface area contributed by atoms with Crippen LogP contribution in [0.4, 0.5) is 0 Å². The van der Waals surface area contributed by atoms with Crippen molar-refractivity contribution in [3.8, 4) is 11.5 Å². The lowest BCUT2D eigenvalue weighted by atomic mass is 10.0. The summed E-state index contributed by atoms with van der Waals surface area (Å²) in [5, 5.41) is 0. The van der Waals surface area contributed by atoms with Gasteiger partial charge in [-0.05, 0) is 18.6 Å². The van der Waals surface area contributed by atoms with Gasteiger partial charge < -0.3 is 14.4 Å². The van der Waals surface area contributed by atoms with E-state index in [1.54, 1.807) is 0 Å². The molecule has 102 valence electrons. The average molecular weight is 261 g/mol. The molecule has 0 aromatic heterocycles. The van der Waals surface area contributed by atoms with Crippen LogP contribution in [0.25, 0.3) is 0 Å². The van der Waals surface area contributed by atoms with Crippen molar-refractivity contribution in [3.05, 3.63) is 24.3 Å². The fourth-order valence-electron chi connectivity index (χ4n) is 2.71. The molecule has 0 atom stereocenters. The SMILES string of the molecule is CCCC(=O)N1CCC2(CC1)Oc1ccccc1O2. The molecule has 0 aliphatic carbocycles. The molecule has 0 bridgehead atoms. The normalized spacial score (nSPS) is 19.7. The molecular weight excluding hydrogens is 242 g/mol. The molecule has 1 amide bonds. The predicted octanol–water partition coefficient (Wildman–Crippen LogP) is 2.58. The summed E-state index contributed by atoms with van der Waals surface area (Å²) >= 11 is 0. The number of rotatable bonds is 2. The highest BCUT2D eigenvalue weighted by molar-refractivity contribution is 5.76. The molecule has 1 spiro atoms. The maximum absolute atomic E-state index is 11.9. The van der Waals surface area contributed by atoms with Gasteiger partial charge >= 0.3 is 0 Å². The van der Waals surface area contributed by atoms with Crippen LogP contribution in [-0.4, -0.2) is 29.7 Å². The van der Waals surface area contributed by atoms with Crippen LogP contribution in [0.3, 0.4) is 0 Å². The topological polar surface area (TPSA) is 38.8 Å². The molecule has 1 fully saturated rings. The van der Waals surface area contributed by atoms with Gasteiger partial charge in [-0.15, -0.1) is 0 Å². The monoisotopic (exact) mass is 261 g/mol. The zero-order valence-corrected chi connectivity index (χ0v) is 11.2. The molecule has 0 N–H and O–H groups in total. The van der Waals surface area contributed by atoms with Crippen molar-refractivity contribution >= 4 is 5.91 Å². The second-order valence-electron chi connectivity index (χ2n) is 5.19. The van der Waals surface area contributed by atoms with Crippen molar-refractivity contribution in [2.75, 3.05) is 13.1 Å². The lowest BCUT2D eigenvalue weighted by Crippen LogP contribution is -2.51. The number of hydrogen-bond donors (Lipinski definition) is 0. The minimum atomic E-state index is -0.549. The van der Waals surface area contributed by atoms with Crippen LogP contribution < -0.4 is 9.47 Å². The first-order chi connectivity index (χ1) is 9.22. The van der Waals surface area contributed by atoms with Gasteiger partial charge in [-0.3, -0.25) is 4.79 Å². The van der Waals surface area contributed by atoms with E-state index in [2.05, 4.69) is 0 Å². The van der Waals surface area contributed by atoms with E-state index in [1.165, 1.54) is 0 Å². The van der Waals surface area contributed by atoms with Gasteiger partial charge in [0.25, 0.3) is 5.79 Å². The quantitative estimate of drug-likeness (QED) is 0.821. The number of carbonyl (C=O) groups excluding carboxylic acids is 1. The van der Waals surface area contributed by atoms with Crippen molar-refractivity contribution in [1.29, 1.82) is 0 Å². The number of ether oxygens (including phenoxy) is 2. The number of hydrogen-bond acceptors (Lipinski definition) is 3. The van der Waals surface area contributed by atoms with E-state index in [9.17, 15) is 4.79 Å². The van der Waals surface area contributed by atoms with Crippen LogP contribution in [-0.2, 0) is 4.79 Å². The van der Waals surface area contributed by atoms with Crippen molar-refractivity contribution in [2.45, 2.75) is 38.4 Å². The Morgan fingerprint density at radius 3 is 2.32 bits per heavy atom. The third kappa shape index (κ3) is 2.27. The lowest BCUT2D eigenvalue weighted by molar-refractivity contribution is -0.146. The van der Waals surface area contributed by atoms with Gasteiger partial charge in [0.05, 0.1) is 0 Å². The molecular formula is C15H19NO3. The van der Waals surface area contributed by atoms with Crippen LogP contribution in [0.15, 0.2) is 24.3 Å². The molecule has 3 rings (SSSR count). The Balaban J connectivity index is 1.64. The Morgan fingerprint density at radius 2 is 1.79 bits per heavy atom. The molecule has 1 aromatic rings. The summed E-state index contributed by atoms with van der Waals surface area (Å²) in [7, 11) is 0. The molecule has 2 heterocycles. The average Bonchev–Trinajstić information content (AvgIpc) is 2.77. The first-order valence-corrected chi connectivity index (χ1v) is 6.97. The second-order valence-corrected chi connectivity index (χ2v) is 5.19. The first-order valence-electron chi connectivity index (χ1n) is 6.97. The number of amides is 1. The summed E-state index contributed by atoms with van der Waals surface area (Å²) in [5.41, 5.74) is 0. The number of nitrogens with zero attached hydrogens (tertiary/aromatic N) is 1. The number of carbonyl (C=O) groups is 1. The minimum absolute atomic E-state index is 0.243. The third-order valence-electron chi connectivity index (χ3n) is 3.78. The Morgan fingerprint density at radius 1 is 1.21 bits per heavy atom. The molecule has 0 radical (unpaired) electrons. The minimum Gasteiger partial charge on any atom is -0.448 e. The van der Waals surface area contributed by atoms with Gasteiger partial charge in [-0.2, -0.15) is 0 Å². The molecule has 19 heavy (non-hydrogen) atoms. The molecule has 2 aliphatic rings. The van der Waals surface area contributed by atoms with Crippen molar-refractivity contribution in [2.24, 2.45) is 0 Å². The highest BCUT2D eigenvalue weighted by atomic mass is 16.7. The number of piperidine rings is 1. The van der Waals surface area contributed by atoms with Crippen LogP contribution >= 0.6 is 0 Å². The standard InChI is InChI=1S/C15H19NO3/c1-2-5-14(17)16-10-8-15(9-11-16)18-12-6-3-4-7-13(12)19-15/h3-4,6-7H,2,5,8-11H2,1H3. The van der Waals surface area contributed by atoms with E-state index >= 15 is 0 Å². The summed E-state index contributed by atoms with van der Waals surface area (Å²) in [6, 6.07) is 7.75. The highest BCUT2D eigenvalue weighted by Crippen LogP contribution is 2.43. The summed E-state index contributed by atoms with van der Waals surface area (Å²) in [6.45, 7) is 3.46. The molecule has 4 nitrogen and oxygen atoms in total. The fraction of sp³-hybridized carbons (Fsp3) is 0.533. The van der Waals surface area contributed by atoms with Gasteiger partial charge in [-0.25, -0.2) is 0 Å². The van der Waals surface area contributed by atoms with Gasteiger partial charge in [0.2, 0.25) is 5.91 Å². The van der Waals surface area contributed by atoms with Gasteiger partial charge in [0.1, 0.15) is 0 Å². The van der Waals surface area contributed by atoms with Crippen LogP contribution in [0.1, 0.15) is 32.6 Å². The Hall–Kier alpha value is -1.71.